The maximum absolute atomic E-state index is 4.19. The first-order valence-electron chi connectivity index (χ1n) is 9.00. The van der Waals surface area contributed by atoms with E-state index in [4.69, 9.17) is 0 Å². The standard InChI is InChI=1S/C18H27N5/c1-2-17-16(14-20-21-17)18(3-1)23-12-10-22(11-13-23)9-6-15-4-7-19-8-5-15/h1-3,14-15,19H,4-13H2,(H,20,21). The molecule has 1 aromatic carbocycles. The van der Waals surface area contributed by atoms with Crippen LogP contribution in [0.4, 0.5) is 5.69 Å². The molecule has 2 aromatic rings. The zero-order valence-electron chi connectivity index (χ0n) is 13.8. The summed E-state index contributed by atoms with van der Waals surface area (Å²) in [5.41, 5.74) is 2.46. The number of nitrogens with zero attached hydrogens (tertiary/aromatic N) is 3. The Hall–Kier alpha value is -1.59. The average Bonchev–Trinajstić information content (AvgIpc) is 3.10. The summed E-state index contributed by atoms with van der Waals surface area (Å²) >= 11 is 0. The topological polar surface area (TPSA) is 47.2 Å². The lowest BCUT2D eigenvalue weighted by Crippen LogP contribution is -2.47. The van der Waals surface area contributed by atoms with Crippen molar-refractivity contribution in [1.82, 2.24) is 20.4 Å². The van der Waals surface area contributed by atoms with Crippen molar-refractivity contribution in [3.63, 3.8) is 0 Å². The quantitative estimate of drug-likeness (QED) is 0.907. The Balaban J connectivity index is 1.31. The number of rotatable bonds is 4. The molecule has 4 rings (SSSR count). The highest BCUT2D eigenvalue weighted by molar-refractivity contribution is 5.91. The lowest BCUT2D eigenvalue weighted by Gasteiger charge is -2.37. The number of aromatic nitrogens is 2. The number of nitrogens with one attached hydrogen (secondary N) is 2. The van der Waals surface area contributed by atoms with E-state index in [0.717, 1.165) is 24.5 Å². The van der Waals surface area contributed by atoms with Crippen LogP contribution in [-0.2, 0) is 0 Å². The largest absolute Gasteiger partial charge is 0.368 e. The number of anilines is 1. The van der Waals surface area contributed by atoms with E-state index in [1.165, 1.54) is 63.1 Å². The van der Waals surface area contributed by atoms with E-state index in [1.807, 2.05) is 6.20 Å². The Labute approximate surface area is 138 Å². The third-order valence-electron chi connectivity index (χ3n) is 5.49. The maximum Gasteiger partial charge on any atom is 0.0671 e. The van der Waals surface area contributed by atoms with Crippen LogP contribution >= 0.6 is 0 Å². The molecular weight excluding hydrogens is 286 g/mol. The molecule has 0 amide bonds. The molecule has 0 unspecified atom stereocenters. The van der Waals surface area contributed by atoms with Crippen LogP contribution in [0.3, 0.4) is 0 Å². The van der Waals surface area contributed by atoms with Crippen LogP contribution in [0.15, 0.2) is 24.4 Å². The van der Waals surface area contributed by atoms with Crippen molar-refractivity contribution in [2.24, 2.45) is 5.92 Å². The summed E-state index contributed by atoms with van der Waals surface area (Å²) in [7, 11) is 0. The van der Waals surface area contributed by atoms with E-state index in [2.05, 4.69) is 43.5 Å². The molecule has 0 aliphatic carbocycles. The summed E-state index contributed by atoms with van der Waals surface area (Å²) in [5, 5.41) is 12.0. The van der Waals surface area contributed by atoms with Gasteiger partial charge in [-0.2, -0.15) is 5.10 Å². The van der Waals surface area contributed by atoms with Gasteiger partial charge in [0.2, 0.25) is 0 Å². The van der Waals surface area contributed by atoms with Gasteiger partial charge in [0.15, 0.2) is 0 Å². The van der Waals surface area contributed by atoms with Crippen LogP contribution in [0.25, 0.3) is 10.9 Å². The van der Waals surface area contributed by atoms with Crippen molar-refractivity contribution in [3.05, 3.63) is 24.4 Å². The van der Waals surface area contributed by atoms with Crippen molar-refractivity contribution in [3.8, 4) is 0 Å². The molecule has 2 N–H and O–H groups in total. The monoisotopic (exact) mass is 313 g/mol. The Morgan fingerprint density at radius 3 is 2.74 bits per heavy atom. The van der Waals surface area contributed by atoms with Crippen molar-refractivity contribution >= 4 is 16.6 Å². The highest BCUT2D eigenvalue weighted by Crippen LogP contribution is 2.26. The fraction of sp³-hybridized carbons (Fsp3) is 0.611. The van der Waals surface area contributed by atoms with Gasteiger partial charge in [0.25, 0.3) is 0 Å². The predicted octanol–water partition coefficient (Wildman–Crippen LogP) is 2.07. The van der Waals surface area contributed by atoms with Gasteiger partial charge in [0, 0.05) is 37.3 Å². The third-order valence-corrected chi connectivity index (χ3v) is 5.49. The second-order valence-electron chi connectivity index (χ2n) is 6.92. The minimum absolute atomic E-state index is 0.939. The van der Waals surface area contributed by atoms with Crippen LogP contribution in [0, 0.1) is 5.92 Å². The molecule has 0 radical (unpaired) electrons. The van der Waals surface area contributed by atoms with Crippen molar-refractivity contribution < 1.29 is 0 Å². The van der Waals surface area contributed by atoms with E-state index in [0.29, 0.717) is 0 Å². The van der Waals surface area contributed by atoms with Crippen LogP contribution in [-0.4, -0.2) is 60.9 Å². The number of H-pyrrole nitrogens is 1. The van der Waals surface area contributed by atoms with Crippen molar-refractivity contribution in [2.45, 2.75) is 19.3 Å². The SMILES string of the molecule is c1cc(N2CCN(CCC3CCNCC3)CC2)c2cn[nH]c2c1. The first kappa shape index (κ1) is 15.0. The molecule has 0 spiro atoms. The minimum Gasteiger partial charge on any atom is -0.368 e. The molecule has 3 heterocycles. The van der Waals surface area contributed by atoms with Crippen molar-refractivity contribution in [2.75, 3.05) is 50.7 Å². The summed E-state index contributed by atoms with van der Waals surface area (Å²) in [6.45, 7) is 8.31. The van der Waals surface area contributed by atoms with Gasteiger partial charge >= 0.3 is 0 Å². The summed E-state index contributed by atoms with van der Waals surface area (Å²) in [6, 6.07) is 6.45. The zero-order chi connectivity index (χ0) is 15.5. The fourth-order valence-corrected chi connectivity index (χ4v) is 3.98. The Kier molecular flexibility index (Phi) is 4.48. The summed E-state index contributed by atoms with van der Waals surface area (Å²) in [4.78, 5) is 5.16. The van der Waals surface area contributed by atoms with Crippen LogP contribution in [0.1, 0.15) is 19.3 Å². The van der Waals surface area contributed by atoms with Gasteiger partial charge < -0.3 is 10.2 Å². The van der Waals surface area contributed by atoms with E-state index >= 15 is 0 Å². The van der Waals surface area contributed by atoms with E-state index in [9.17, 15) is 0 Å². The molecule has 5 heteroatoms. The van der Waals surface area contributed by atoms with Crippen LogP contribution < -0.4 is 10.2 Å². The first-order valence-corrected chi connectivity index (χ1v) is 9.00. The average molecular weight is 313 g/mol. The van der Waals surface area contributed by atoms with Gasteiger partial charge in [-0.05, 0) is 56.9 Å². The summed E-state index contributed by atoms with van der Waals surface area (Å²) in [5.74, 6) is 0.939. The molecule has 0 atom stereocenters. The number of aromatic amines is 1. The number of piperidine rings is 1. The zero-order valence-corrected chi connectivity index (χ0v) is 13.8. The smallest absolute Gasteiger partial charge is 0.0671 e. The molecule has 0 bridgehead atoms. The molecule has 2 aliphatic rings. The molecule has 2 aliphatic heterocycles. The van der Waals surface area contributed by atoms with Crippen LogP contribution in [0.2, 0.25) is 0 Å². The number of hydrogen-bond acceptors (Lipinski definition) is 4. The predicted molar refractivity (Wildman–Crippen MR) is 95.0 cm³/mol. The number of piperazine rings is 1. The maximum atomic E-state index is 4.19. The highest BCUT2D eigenvalue weighted by Gasteiger charge is 2.20. The molecule has 2 saturated heterocycles. The molecule has 2 fully saturated rings. The normalized spacial score (nSPS) is 21.1. The highest BCUT2D eigenvalue weighted by atomic mass is 15.3. The summed E-state index contributed by atoms with van der Waals surface area (Å²) < 4.78 is 0. The second kappa shape index (κ2) is 6.89. The Morgan fingerprint density at radius 2 is 1.91 bits per heavy atom. The van der Waals surface area contributed by atoms with Gasteiger partial charge in [-0.3, -0.25) is 10.00 Å². The lowest BCUT2D eigenvalue weighted by atomic mass is 9.94. The van der Waals surface area contributed by atoms with Crippen molar-refractivity contribution in [1.29, 1.82) is 0 Å². The van der Waals surface area contributed by atoms with Gasteiger partial charge in [-0.15, -0.1) is 0 Å². The molecule has 1 aromatic heterocycles. The van der Waals surface area contributed by atoms with Gasteiger partial charge in [-0.25, -0.2) is 0 Å². The molecule has 124 valence electrons. The second-order valence-corrected chi connectivity index (χ2v) is 6.92. The van der Waals surface area contributed by atoms with Gasteiger partial charge in [0.1, 0.15) is 0 Å². The lowest BCUT2D eigenvalue weighted by molar-refractivity contribution is 0.225. The van der Waals surface area contributed by atoms with E-state index in [1.54, 1.807) is 0 Å². The minimum atomic E-state index is 0.939. The van der Waals surface area contributed by atoms with E-state index in [-0.39, 0.29) is 0 Å². The Bertz CT molecular complexity index is 623. The number of fused-ring (bicyclic) bond motifs is 1. The van der Waals surface area contributed by atoms with Gasteiger partial charge in [0.05, 0.1) is 11.7 Å². The molecule has 5 nitrogen and oxygen atoms in total. The number of hydrogen-bond donors (Lipinski definition) is 2. The van der Waals surface area contributed by atoms with E-state index < -0.39 is 0 Å². The third kappa shape index (κ3) is 3.35. The fourth-order valence-electron chi connectivity index (χ4n) is 3.98. The number of benzene rings is 1. The first-order chi connectivity index (χ1) is 11.4. The Morgan fingerprint density at radius 1 is 1.09 bits per heavy atom. The molecular formula is C18H27N5. The van der Waals surface area contributed by atoms with Crippen LogP contribution in [0.5, 0.6) is 0 Å². The van der Waals surface area contributed by atoms with Gasteiger partial charge in [-0.1, -0.05) is 6.07 Å². The molecule has 23 heavy (non-hydrogen) atoms. The molecule has 0 saturated carbocycles. The summed E-state index contributed by atoms with van der Waals surface area (Å²) in [6.07, 6.45) is 6.05.